The lowest BCUT2D eigenvalue weighted by Crippen LogP contribution is -2.55. The maximum atomic E-state index is 4.30. The number of nitrogens with one attached hydrogen (secondary N) is 1. The van der Waals surface area contributed by atoms with E-state index in [1.165, 1.54) is 18.4 Å². The molecule has 0 unspecified atom stereocenters. The van der Waals surface area contributed by atoms with Gasteiger partial charge in [-0.3, -0.25) is 4.98 Å². The minimum Gasteiger partial charge on any atom is -0.311 e. The van der Waals surface area contributed by atoms with Crippen molar-refractivity contribution in [2.75, 3.05) is 6.54 Å². The highest BCUT2D eigenvalue weighted by Crippen LogP contribution is 2.54. The first kappa shape index (κ1) is 13.5. The van der Waals surface area contributed by atoms with Crippen LogP contribution in [-0.2, 0) is 5.41 Å². The van der Waals surface area contributed by atoms with Crippen LogP contribution in [-0.4, -0.2) is 17.1 Å². The van der Waals surface area contributed by atoms with E-state index < -0.39 is 0 Å². The Balaban J connectivity index is 2.16. The van der Waals surface area contributed by atoms with Gasteiger partial charge in [0.15, 0.2) is 0 Å². The zero-order valence-electron chi connectivity index (χ0n) is 12.4. The van der Waals surface area contributed by atoms with E-state index in [9.17, 15) is 0 Å². The molecule has 100 valence electrons. The third-order valence-electron chi connectivity index (χ3n) is 3.86. The van der Waals surface area contributed by atoms with Crippen LogP contribution < -0.4 is 5.32 Å². The second-order valence-electron chi connectivity index (χ2n) is 7.64. The van der Waals surface area contributed by atoms with Gasteiger partial charge >= 0.3 is 0 Å². The van der Waals surface area contributed by atoms with Crippen molar-refractivity contribution in [3.8, 4) is 0 Å². The van der Waals surface area contributed by atoms with Crippen molar-refractivity contribution in [2.24, 2.45) is 5.41 Å². The van der Waals surface area contributed by atoms with Crippen LogP contribution in [0.25, 0.3) is 0 Å². The van der Waals surface area contributed by atoms with Crippen LogP contribution in [0.1, 0.15) is 53.0 Å². The number of nitrogens with zero attached hydrogens (tertiary/aromatic N) is 1. The van der Waals surface area contributed by atoms with Crippen LogP contribution in [0.3, 0.4) is 0 Å². The Morgan fingerprint density at radius 2 is 1.94 bits per heavy atom. The van der Waals surface area contributed by atoms with Gasteiger partial charge in [0.1, 0.15) is 0 Å². The highest BCUT2D eigenvalue weighted by molar-refractivity contribution is 5.28. The van der Waals surface area contributed by atoms with Crippen molar-refractivity contribution in [3.63, 3.8) is 0 Å². The molecule has 0 atom stereocenters. The molecule has 1 N–H and O–H groups in total. The minimum absolute atomic E-state index is 0.176. The molecule has 1 fully saturated rings. The molecule has 0 aromatic carbocycles. The third kappa shape index (κ3) is 2.92. The first-order valence-electron chi connectivity index (χ1n) is 6.88. The molecule has 2 rings (SSSR count). The summed E-state index contributed by atoms with van der Waals surface area (Å²) in [4.78, 5) is 4.30. The molecule has 1 aliphatic rings. The predicted octanol–water partition coefficient (Wildman–Crippen LogP) is 3.53. The van der Waals surface area contributed by atoms with Crippen LogP contribution in [0.5, 0.6) is 0 Å². The maximum Gasteiger partial charge on any atom is 0.0306 e. The van der Waals surface area contributed by atoms with Gasteiger partial charge in [0.05, 0.1) is 0 Å². The fourth-order valence-electron chi connectivity index (χ4n) is 3.32. The molecule has 1 aliphatic carbocycles. The van der Waals surface area contributed by atoms with Gasteiger partial charge in [-0.25, -0.2) is 0 Å². The minimum atomic E-state index is 0.176. The number of aromatic nitrogens is 1. The first-order valence-corrected chi connectivity index (χ1v) is 6.88. The first-order chi connectivity index (χ1) is 8.23. The lowest BCUT2D eigenvalue weighted by molar-refractivity contribution is 0.0510. The SMILES string of the molecule is CC1(C)CC(CNC(C)(C)C)(c2cccnc2)C1. The molecule has 0 saturated heterocycles. The van der Waals surface area contributed by atoms with Crippen molar-refractivity contribution in [3.05, 3.63) is 30.1 Å². The summed E-state index contributed by atoms with van der Waals surface area (Å²) in [6.07, 6.45) is 6.39. The molecular weight excluding hydrogens is 220 g/mol. The Bertz CT molecular complexity index is 393. The van der Waals surface area contributed by atoms with E-state index in [2.05, 4.69) is 57.1 Å². The second kappa shape index (κ2) is 4.34. The van der Waals surface area contributed by atoms with Crippen LogP contribution in [0.15, 0.2) is 24.5 Å². The van der Waals surface area contributed by atoms with Crippen molar-refractivity contribution >= 4 is 0 Å². The standard InChI is InChI=1S/C16H26N2/c1-14(2,3)18-12-16(10-15(4,5)11-16)13-7-6-8-17-9-13/h6-9,18H,10-12H2,1-5H3. The average Bonchev–Trinajstić information content (AvgIpc) is 2.23. The van der Waals surface area contributed by atoms with Crippen LogP contribution in [0.4, 0.5) is 0 Å². The van der Waals surface area contributed by atoms with Gasteiger partial charge in [-0.2, -0.15) is 0 Å². The number of rotatable bonds is 3. The largest absolute Gasteiger partial charge is 0.311 e. The Morgan fingerprint density at radius 3 is 2.39 bits per heavy atom. The lowest BCUT2D eigenvalue weighted by Gasteiger charge is -2.54. The van der Waals surface area contributed by atoms with Gasteiger partial charge in [0.25, 0.3) is 0 Å². The van der Waals surface area contributed by atoms with E-state index >= 15 is 0 Å². The zero-order valence-corrected chi connectivity index (χ0v) is 12.4. The molecule has 0 aliphatic heterocycles. The van der Waals surface area contributed by atoms with Crippen molar-refractivity contribution in [1.82, 2.24) is 10.3 Å². The molecule has 1 saturated carbocycles. The summed E-state index contributed by atoms with van der Waals surface area (Å²) in [7, 11) is 0. The van der Waals surface area contributed by atoms with Gasteiger partial charge in [0, 0.05) is 29.9 Å². The summed E-state index contributed by atoms with van der Waals surface area (Å²) in [5.74, 6) is 0. The molecule has 1 aromatic rings. The highest BCUT2D eigenvalue weighted by atomic mass is 15.0. The Kier molecular flexibility index (Phi) is 3.26. The summed E-state index contributed by atoms with van der Waals surface area (Å²) < 4.78 is 0. The predicted molar refractivity (Wildman–Crippen MR) is 76.7 cm³/mol. The normalized spacial score (nSPS) is 21.4. The topological polar surface area (TPSA) is 24.9 Å². The molecule has 18 heavy (non-hydrogen) atoms. The van der Waals surface area contributed by atoms with E-state index in [-0.39, 0.29) is 11.0 Å². The molecule has 0 radical (unpaired) electrons. The van der Waals surface area contributed by atoms with Gasteiger partial charge < -0.3 is 5.32 Å². The summed E-state index contributed by atoms with van der Waals surface area (Å²) >= 11 is 0. The number of hydrogen-bond donors (Lipinski definition) is 1. The Labute approximate surface area is 111 Å². The monoisotopic (exact) mass is 246 g/mol. The van der Waals surface area contributed by atoms with Gasteiger partial charge in [-0.1, -0.05) is 19.9 Å². The molecule has 0 bridgehead atoms. The van der Waals surface area contributed by atoms with E-state index in [0.717, 1.165) is 6.54 Å². The fraction of sp³-hybridized carbons (Fsp3) is 0.688. The third-order valence-corrected chi connectivity index (χ3v) is 3.86. The summed E-state index contributed by atoms with van der Waals surface area (Å²) in [5, 5.41) is 3.67. The highest BCUT2D eigenvalue weighted by Gasteiger charge is 2.50. The van der Waals surface area contributed by atoms with Crippen LogP contribution >= 0.6 is 0 Å². The van der Waals surface area contributed by atoms with E-state index in [1.54, 1.807) is 0 Å². The second-order valence-corrected chi connectivity index (χ2v) is 7.64. The molecule has 0 spiro atoms. The van der Waals surface area contributed by atoms with Crippen molar-refractivity contribution in [1.29, 1.82) is 0 Å². The van der Waals surface area contributed by atoms with Crippen molar-refractivity contribution < 1.29 is 0 Å². The average molecular weight is 246 g/mol. The summed E-state index contributed by atoms with van der Waals surface area (Å²) in [6, 6.07) is 4.28. The van der Waals surface area contributed by atoms with E-state index in [0.29, 0.717) is 5.41 Å². The molecule has 1 heterocycles. The van der Waals surface area contributed by atoms with Crippen LogP contribution in [0.2, 0.25) is 0 Å². The van der Waals surface area contributed by atoms with Crippen LogP contribution in [0, 0.1) is 5.41 Å². The number of pyridine rings is 1. The van der Waals surface area contributed by atoms with Crippen molar-refractivity contribution in [2.45, 2.75) is 58.4 Å². The Hall–Kier alpha value is -0.890. The smallest absolute Gasteiger partial charge is 0.0306 e. The molecular formula is C16H26N2. The fourth-order valence-corrected chi connectivity index (χ4v) is 3.32. The zero-order chi connectivity index (χ0) is 13.4. The lowest BCUT2D eigenvalue weighted by atomic mass is 9.52. The van der Waals surface area contributed by atoms with Gasteiger partial charge in [0.2, 0.25) is 0 Å². The maximum absolute atomic E-state index is 4.30. The molecule has 2 nitrogen and oxygen atoms in total. The van der Waals surface area contributed by atoms with Gasteiger partial charge in [-0.05, 0) is 50.7 Å². The molecule has 2 heteroatoms. The van der Waals surface area contributed by atoms with E-state index in [1.807, 2.05) is 12.4 Å². The molecule has 0 amide bonds. The Morgan fingerprint density at radius 1 is 1.28 bits per heavy atom. The summed E-state index contributed by atoms with van der Waals surface area (Å²) in [6.45, 7) is 12.5. The van der Waals surface area contributed by atoms with Gasteiger partial charge in [-0.15, -0.1) is 0 Å². The quantitative estimate of drug-likeness (QED) is 0.882. The number of hydrogen-bond acceptors (Lipinski definition) is 2. The van der Waals surface area contributed by atoms with E-state index in [4.69, 9.17) is 0 Å². The summed E-state index contributed by atoms with van der Waals surface area (Å²) in [5.41, 5.74) is 2.32. The molecule has 1 aromatic heterocycles.